The number of hydrogen-bond donors (Lipinski definition) is 1. The van der Waals surface area contributed by atoms with E-state index in [1.807, 2.05) is 30.6 Å². The van der Waals surface area contributed by atoms with Gasteiger partial charge in [-0.2, -0.15) is 0 Å². The highest BCUT2D eigenvalue weighted by Crippen LogP contribution is 2.32. The monoisotopic (exact) mass is 239 g/mol. The van der Waals surface area contributed by atoms with Gasteiger partial charge in [-0.3, -0.25) is 4.98 Å². The molecule has 2 aromatic rings. The predicted octanol–water partition coefficient (Wildman–Crippen LogP) is 2.15. The van der Waals surface area contributed by atoms with Crippen molar-refractivity contribution in [3.05, 3.63) is 60.4 Å². The van der Waals surface area contributed by atoms with E-state index in [2.05, 4.69) is 34.1 Å². The number of anilines is 1. The molecule has 1 atom stereocenters. The highest BCUT2D eigenvalue weighted by molar-refractivity contribution is 5.48. The van der Waals surface area contributed by atoms with Crippen molar-refractivity contribution in [1.29, 1.82) is 0 Å². The third kappa shape index (κ3) is 1.97. The third-order valence-corrected chi connectivity index (χ3v) is 3.68. The summed E-state index contributed by atoms with van der Waals surface area (Å²) in [7, 11) is 0. The van der Waals surface area contributed by atoms with Gasteiger partial charge in [0.25, 0.3) is 0 Å². The Morgan fingerprint density at radius 1 is 1.06 bits per heavy atom. The Kier molecular flexibility index (Phi) is 2.76. The molecule has 1 fully saturated rings. The van der Waals surface area contributed by atoms with E-state index < -0.39 is 0 Å². The normalized spacial score (nSPS) is 23.3. The van der Waals surface area contributed by atoms with Crippen molar-refractivity contribution in [2.75, 3.05) is 18.0 Å². The summed E-state index contributed by atoms with van der Waals surface area (Å²) in [4.78, 5) is 6.38. The van der Waals surface area contributed by atoms with Gasteiger partial charge in [0.1, 0.15) is 0 Å². The van der Waals surface area contributed by atoms with Crippen molar-refractivity contribution < 1.29 is 0 Å². The fourth-order valence-corrected chi connectivity index (χ4v) is 2.61. The van der Waals surface area contributed by atoms with Crippen molar-refractivity contribution in [2.24, 2.45) is 5.73 Å². The minimum absolute atomic E-state index is 0.232. The molecule has 0 amide bonds. The lowest BCUT2D eigenvalue weighted by molar-refractivity contribution is 0.499. The van der Waals surface area contributed by atoms with Crippen LogP contribution in [0, 0.1) is 0 Å². The Morgan fingerprint density at radius 3 is 2.50 bits per heavy atom. The third-order valence-electron chi connectivity index (χ3n) is 3.68. The molecule has 3 rings (SSSR count). The van der Waals surface area contributed by atoms with Gasteiger partial charge in [0.15, 0.2) is 0 Å². The summed E-state index contributed by atoms with van der Waals surface area (Å²) < 4.78 is 0. The number of pyridine rings is 1. The van der Waals surface area contributed by atoms with E-state index in [9.17, 15) is 0 Å². The zero-order valence-electron chi connectivity index (χ0n) is 10.3. The number of aromatic nitrogens is 1. The van der Waals surface area contributed by atoms with Crippen LogP contribution in [0.5, 0.6) is 0 Å². The summed E-state index contributed by atoms with van der Waals surface area (Å²) in [5.41, 5.74) is 8.74. The van der Waals surface area contributed by atoms with Gasteiger partial charge in [-0.1, -0.05) is 30.3 Å². The molecule has 2 N–H and O–H groups in total. The zero-order chi connectivity index (χ0) is 12.4. The maximum absolute atomic E-state index is 6.55. The van der Waals surface area contributed by atoms with Crippen LogP contribution in [0.15, 0.2) is 54.9 Å². The summed E-state index contributed by atoms with van der Waals surface area (Å²) in [5.74, 6) is 0. The van der Waals surface area contributed by atoms with E-state index >= 15 is 0 Å². The highest BCUT2D eigenvalue weighted by atomic mass is 15.2. The van der Waals surface area contributed by atoms with Gasteiger partial charge in [-0.05, 0) is 24.1 Å². The van der Waals surface area contributed by atoms with Gasteiger partial charge in [0, 0.05) is 31.2 Å². The second kappa shape index (κ2) is 4.42. The molecule has 3 heteroatoms. The van der Waals surface area contributed by atoms with Crippen LogP contribution in [-0.4, -0.2) is 18.1 Å². The molecule has 18 heavy (non-hydrogen) atoms. The molecule has 3 nitrogen and oxygen atoms in total. The number of nitrogens with two attached hydrogens (primary N) is 1. The van der Waals surface area contributed by atoms with E-state index in [4.69, 9.17) is 5.73 Å². The maximum Gasteiger partial charge on any atom is 0.0604 e. The molecule has 1 unspecified atom stereocenters. The van der Waals surface area contributed by atoms with Crippen LogP contribution in [-0.2, 0) is 5.54 Å². The van der Waals surface area contributed by atoms with Gasteiger partial charge in [-0.25, -0.2) is 0 Å². The lowest BCUT2D eigenvalue weighted by Gasteiger charge is -2.26. The molecule has 92 valence electrons. The molecule has 0 bridgehead atoms. The lowest BCUT2D eigenvalue weighted by atomic mass is 9.90. The molecule has 0 radical (unpaired) electrons. The Hall–Kier alpha value is -1.87. The molecule has 1 saturated heterocycles. The minimum Gasteiger partial charge on any atom is -0.369 e. The zero-order valence-corrected chi connectivity index (χ0v) is 10.3. The number of benzene rings is 1. The van der Waals surface area contributed by atoms with Crippen LogP contribution < -0.4 is 10.6 Å². The standard InChI is InChI=1S/C15H17N3/c16-15(13-4-2-1-3-5-13)8-11-18(12-15)14-6-9-17-10-7-14/h1-7,9-10H,8,11-12,16H2. The van der Waals surface area contributed by atoms with E-state index in [0.717, 1.165) is 19.5 Å². The first-order valence-corrected chi connectivity index (χ1v) is 6.27. The molecule has 2 heterocycles. The summed E-state index contributed by atoms with van der Waals surface area (Å²) in [5, 5.41) is 0. The Bertz CT molecular complexity index is 512. The lowest BCUT2D eigenvalue weighted by Crippen LogP contribution is -2.39. The average Bonchev–Trinajstić information content (AvgIpc) is 2.85. The number of rotatable bonds is 2. The number of nitrogens with zero attached hydrogens (tertiary/aromatic N) is 2. The molecular formula is C15H17N3. The molecule has 1 aliphatic rings. The van der Waals surface area contributed by atoms with Gasteiger partial charge in [-0.15, -0.1) is 0 Å². The summed E-state index contributed by atoms with van der Waals surface area (Å²) in [6.45, 7) is 1.86. The smallest absolute Gasteiger partial charge is 0.0604 e. The number of hydrogen-bond acceptors (Lipinski definition) is 3. The van der Waals surface area contributed by atoms with Crippen molar-refractivity contribution >= 4 is 5.69 Å². The van der Waals surface area contributed by atoms with Crippen molar-refractivity contribution in [1.82, 2.24) is 4.98 Å². The van der Waals surface area contributed by atoms with Crippen molar-refractivity contribution in [3.63, 3.8) is 0 Å². The van der Waals surface area contributed by atoms with Crippen LogP contribution in [0.2, 0.25) is 0 Å². The van der Waals surface area contributed by atoms with Crippen molar-refractivity contribution in [2.45, 2.75) is 12.0 Å². The first kappa shape index (κ1) is 11.2. The van der Waals surface area contributed by atoms with E-state index in [1.165, 1.54) is 11.3 Å². The molecule has 0 spiro atoms. The largest absolute Gasteiger partial charge is 0.369 e. The maximum atomic E-state index is 6.55. The van der Waals surface area contributed by atoms with Crippen LogP contribution in [0.3, 0.4) is 0 Å². The predicted molar refractivity (Wildman–Crippen MR) is 73.4 cm³/mol. The van der Waals surface area contributed by atoms with Crippen LogP contribution in [0.4, 0.5) is 5.69 Å². The SMILES string of the molecule is NC1(c2ccccc2)CCN(c2ccncc2)C1. The quantitative estimate of drug-likeness (QED) is 0.873. The summed E-state index contributed by atoms with van der Waals surface area (Å²) in [6, 6.07) is 14.5. The van der Waals surface area contributed by atoms with Crippen molar-refractivity contribution in [3.8, 4) is 0 Å². The van der Waals surface area contributed by atoms with Crippen LogP contribution >= 0.6 is 0 Å². The fraction of sp³-hybridized carbons (Fsp3) is 0.267. The Labute approximate surface area is 107 Å². The second-order valence-corrected chi connectivity index (χ2v) is 4.90. The fourth-order valence-electron chi connectivity index (χ4n) is 2.61. The highest BCUT2D eigenvalue weighted by Gasteiger charge is 2.35. The molecule has 1 aromatic carbocycles. The van der Waals surface area contributed by atoms with Gasteiger partial charge < -0.3 is 10.6 Å². The Morgan fingerprint density at radius 2 is 1.78 bits per heavy atom. The van der Waals surface area contributed by atoms with Gasteiger partial charge in [0.2, 0.25) is 0 Å². The molecule has 1 aromatic heterocycles. The summed E-state index contributed by atoms with van der Waals surface area (Å²) >= 11 is 0. The van der Waals surface area contributed by atoms with E-state index in [-0.39, 0.29) is 5.54 Å². The van der Waals surface area contributed by atoms with E-state index in [1.54, 1.807) is 0 Å². The van der Waals surface area contributed by atoms with Crippen LogP contribution in [0.1, 0.15) is 12.0 Å². The topological polar surface area (TPSA) is 42.1 Å². The van der Waals surface area contributed by atoms with Gasteiger partial charge in [0.05, 0.1) is 5.54 Å². The first-order chi connectivity index (χ1) is 8.78. The first-order valence-electron chi connectivity index (χ1n) is 6.27. The molecule has 1 aliphatic heterocycles. The van der Waals surface area contributed by atoms with Gasteiger partial charge >= 0.3 is 0 Å². The minimum atomic E-state index is -0.232. The molecule has 0 saturated carbocycles. The Balaban J connectivity index is 1.83. The average molecular weight is 239 g/mol. The van der Waals surface area contributed by atoms with E-state index in [0.29, 0.717) is 0 Å². The molecule has 0 aliphatic carbocycles. The second-order valence-electron chi connectivity index (χ2n) is 4.90. The van der Waals surface area contributed by atoms with Crippen LogP contribution in [0.25, 0.3) is 0 Å². The molecular weight excluding hydrogens is 222 g/mol. The summed E-state index contributed by atoms with van der Waals surface area (Å²) in [6.07, 6.45) is 4.64.